The summed E-state index contributed by atoms with van der Waals surface area (Å²) in [5, 5.41) is 0. The molecule has 108 valence electrons. The topological polar surface area (TPSA) is 42.2 Å². The molecule has 20 heavy (non-hydrogen) atoms. The second kappa shape index (κ2) is 4.37. The van der Waals surface area contributed by atoms with Crippen LogP contribution in [0.15, 0.2) is 18.3 Å². The van der Waals surface area contributed by atoms with Gasteiger partial charge >= 0.3 is 0 Å². The third-order valence-electron chi connectivity index (χ3n) is 5.92. The van der Waals surface area contributed by atoms with E-state index in [-0.39, 0.29) is 0 Å². The molecule has 0 amide bonds. The van der Waals surface area contributed by atoms with Gasteiger partial charge in [-0.1, -0.05) is 0 Å². The van der Waals surface area contributed by atoms with Gasteiger partial charge in [0.2, 0.25) is 0 Å². The Kier molecular flexibility index (Phi) is 2.73. The lowest BCUT2D eigenvalue weighted by Crippen LogP contribution is -2.50. The zero-order valence-electron chi connectivity index (χ0n) is 12.4. The second-order valence-electron chi connectivity index (χ2n) is 7.69. The van der Waals surface area contributed by atoms with Gasteiger partial charge in [0.1, 0.15) is 0 Å². The fourth-order valence-electron chi connectivity index (χ4n) is 5.79. The van der Waals surface area contributed by atoms with Crippen LogP contribution in [0.25, 0.3) is 0 Å². The number of nitrogen functional groups attached to an aromatic ring is 1. The Bertz CT molecular complexity index is 475. The summed E-state index contributed by atoms with van der Waals surface area (Å²) in [6.45, 7) is 1.14. The van der Waals surface area contributed by atoms with E-state index in [1.54, 1.807) is 0 Å². The number of pyridine rings is 1. The quantitative estimate of drug-likeness (QED) is 0.917. The van der Waals surface area contributed by atoms with Crippen molar-refractivity contribution in [2.45, 2.75) is 38.5 Å². The maximum atomic E-state index is 6.08. The Morgan fingerprint density at radius 2 is 1.80 bits per heavy atom. The van der Waals surface area contributed by atoms with Crippen LogP contribution in [-0.4, -0.2) is 18.6 Å². The van der Waals surface area contributed by atoms with E-state index < -0.39 is 0 Å². The van der Waals surface area contributed by atoms with Gasteiger partial charge in [0.15, 0.2) is 5.82 Å². The van der Waals surface area contributed by atoms with Crippen molar-refractivity contribution in [3.8, 4) is 0 Å². The number of hydrogen-bond donors (Lipinski definition) is 1. The van der Waals surface area contributed by atoms with Crippen LogP contribution in [0.5, 0.6) is 0 Å². The van der Waals surface area contributed by atoms with E-state index in [9.17, 15) is 0 Å². The Morgan fingerprint density at radius 1 is 1.20 bits per heavy atom. The molecule has 0 saturated heterocycles. The Morgan fingerprint density at radius 3 is 2.35 bits per heavy atom. The molecule has 0 radical (unpaired) electrons. The van der Waals surface area contributed by atoms with Gasteiger partial charge in [0.25, 0.3) is 0 Å². The Labute approximate surface area is 121 Å². The van der Waals surface area contributed by atoms with Crippen molar-refractivity contribution in [2.75, 3.05) is 24.2 Å². The van der Waals surface area contributed by atoms with Crippen molar-refractivity contribution >= 4 is 11.5 Å². The van der Waals surface area contributed by atoms with E-state index in [2.05, 4.69) is 16.9 Å². The highest BCUT2D eigenvalue weighted by molar-refractivity contribution is 5.61. The van der Waals surface area contributed by atoms with Crippen LogP contribution in [0.1, 0.15) is 38.5 Å². The molecule has 0 aromatic carbocycles. The minimum Gasteiger partial charge on any atom is -0.396 e. The molecule has 5 rings (SSSR count). The molecule has 0 spiro atoms. The number of hydrogen-bond acceptors (Lipinski definition) is 3. The molecule has 4 fully saturated rings. The van der Waals surface area contributed by atoms with E-state index in [1.807, 2.05) is 18.3 Å². The summed E-state index contributed by atoms with van der Waals surface area (Å²) in [6, 6.07) is 3.87. The molecule has 3 nitrogen and oxygen atoms in total. The highest BCUT2D eigenvalue weighted by Gasteiger charge is 2.51. The van der Waals surface area contributed by atoms with Gasteiger partial charge < -0.3 is 10.6 Å². The second-order valence-corrected chi connectivity index (χ2v) is 7.69. The Balaban J connectivity index is 1.55. The predicted molar refractivity (Wildman–Crippen MR) is 82.5 cm³/mol. The van der Waals surface area contributed by atoms with Crippen molar-refractivity contribution in [1.29, 1.82) is 0 Å². The fraction of sp³-hybridized carbons (Fsp3) is 0.706. The van der Waals surface area contributed by atoms with Crippen LogP contribution in [0.3, 0.4) is 0 Å². The van der Waals surface area contributed by atoms with Gasteiger partial charge in [0, 0.05) is 19.8 Å². The average Bonchev–Trinajstić information content (AvgIpc) is 2.36. The van der Waals surface area contributed by atoms with E-state index in [4.69, 9.17) is 5.73 Å². The third kappa shape index (κ3) is 1.99. The maximum absolute atomic E-state index is 6.08. The molecule has 4 saturated carbocycles. The summed E-state index contributed by atoms with van der Waals surface area (Å²) >= 11 is 0. The van der Waals surface area contributed by atoms with E-state index in [0.717, 1.165) is 35.8 Å². The molecule has 1 aromatic rings. The molecular weight excluding hydrogens is 246 g/mol. The molecule has 1 heterocycles. The highest BCUT2D eigenvalue weighted by atomic mass is 15.2. The first-order valence-corrected chi connectivity index (χ1v) is 8.05. The molecule has 3 heteroatoms. The molecule has 0 unspecified atom stereocenters. The lowest BCUT2D eigenvalue weighted by Gasteiger charge is -2.57. The van der Waals surface area contributed by atoms with Crippen LogP contribution in [-0.2, 0) is 0 Å². The maximum Gasteiger partial charge on any atom is 0.151 e. The van der Waals surface area contributed by atoms with E-state index >= 15 is 0 Å². The highest BCUT2D eigenvalue weighted by Crippen LogP contribution is 2.60. The zero-order valence-corrected chi connectivity index (χ0v) is 12.4. The van der Waals surface area contributed by atoms with Gasteiger partial charge in [0.05, 0.1) is 5.69 Å². The number of aromatic nitrogens is 1. The minimum atomic E-state index is 0.549. The number of rotatable bonds is 3. The molecule has 4 bridgehead atoms. The minimum absolute atomic E-state index is 0.549. The molecule has 0 atom stereocenters. The fourth-order valence-corrected chi connectivity index (χ4v) is 5.79. The van der Waals surface area contributed by atoms with Crippen molar-refractivity contribution in [3.63, 3.8) is 0 Å². The summed E-state index contributed by atoms with van der Waals surface area (Å²) < 4.78 is 0. The first-order chi connectivity index (χ1) is 9.63. The number of nitrogens with two attached hydrogens (primary N) is 1. The van der Waals surface area contributed by atoms with Crippen LogP contribution in [0, 0.1) is 23.2 Å². The molecule has 1 aromatic heterocycles. The molecular formula is C17H25N3. The third-order valence-corrected chi connectivity index (χ3v) is 5.92. The lowest BCUT2D eigenvalue weighted by molar-refractivity contribution is -0.0472. The van der Waals surface area contributed by atoms with Gasteiger partial charge in [-0.15, -0.1) is 0 Å². The van der Waals surface area contributed by atoms with Gasteiger partial charge in [-0.3, -0.25) is 0 Å². The van der Waals surface area contributed by atoms with Crippen molar-refractivity contribution in [3.05, 3.63) is 18.3 Å². The zero-order chi connectivity index (χ0) is 13.7. The van der Waals surface area contributed by atoms with Gasteiger partial charge in [-0.05, 0) is 73.8 Å². The molecule has 0 aliphatic heterocycles. The summed E-state index contributed by atoms with van der Waals surface area (Å²) in [5.41, 5.74) is 7.44. The summed E-state index contributed by atoms with van der Waals surface area (Å²) in [6.07, 6.45) is 10.7. The lowest BCUT2D eigenvalue weighted by atomic mass is 9.49. The first kappa shape index (κ1) is 12.5. The molecule has 2 N–H and O–H groups in total. The largest absolute Gasteiger partial charge is 0.396 e. The normalized spacial score (nSPS) is 38.1. The summed E-state index contributed by atoms with van der Waals surface area (Å²) in [5.74, 6) is 3.99. The van der Waals surface area contributed by atoms with Crippen LogP contribution in [0.4, 0.5) is 11.5 Å². The first-order valence-electron chi connectivity index (χ1n) is 8.05. The van der Waals surface area contributed by atoms with Crippen molar-refractivity contribution < 1.29 is 0 Å². The van der Waals surface area contributed by atoms with E-state index in [0.29, 0.717) is 5.41 Å². The standard InChI is InChI=1S/C17H25N3/c1-20(16-15(18)3-2-4-19-16)11-17-8-12-5-13(9-17)7-14(6-12)10-17/h2-4,12-14H,5-11,18H2,1H3. The van der Waals surface area contributed by atoms with Crippen molar-refractivity contribution in [2.24, 2.45) is 23.2 Å². The summed E-state index contributed by atoms with van der Waals surface area (Å²) in [4.78, 5) is 6.79. The Hall–Kier alpha value is -1.25. The molecule has 4 aliphatic carbocycles. The van der Waals surface area contributed by atoms with Gasteiger partial charge in [-0.2, -0.15) is 0 Å². The van der Waals surface area contributed by atoms with Gasteiger partial charge in [-0.25, -0.2) is 4.98 Å². The SMILES string of the molecule is CN(CC12CC3CC(CC(C3)C1)C2)c1ncccc1N. The van der Waals surface area contributed by atoms with Crippen molar-refractivity contribution in [1.82, 2.24) is 4.98 Å². The van der Waals surface area contributed by atoms with Crippen LogP contribution < -0.4 is 10.6 Å². The predicted octanol–water partition coefficient (Wildman–Crippen LogP) is 3.32. The number of anilines is 2. The molecule has 4 aliphatic rings. The summed E-state index contributed by atoms with van der Waals surface area (Å²) in [7, 11) is 2.16. The van der Waals surface area contributed by atoms with Crippen LogP contribution in [0.2, 0.25) is 0 Å². The number of nitrogens with zero attached hydrogens (tertiary/aromatic N) is 2. The van der Waals surface area contributed by atoms with Crippen LogP contribution >= 0.6 is 0 Å². The average molecular weight is 271 g/mol. The van der Waals surface area contributed by atoms with E-state index in [1.165, 1.54) is 38.5 Å². The smallest absolute Gasteiger partial charge is 0.151 e. The monoisotopic (exact) mass is 271 g/mol.